The molecular formula is C17H10F2N2O2. The third-order valence-electron chi connectivity index (χ3n) is 3.48. The Hall–Kier alpha value is -3.20. The molecule has 1 heterocycles. The summed E-state index contributed by atoms with van der Waals surface area (Å²) < 4.78 is 32.3. The van der Waals surface area contributed by atoms with E-state index in [1.807, 2.05) is 0 Å². The first kappa shape index (κ1) is 14.7. The monoisotopic (exact) mass is 312 g/mol. The number of nitriles is 1. The zero-order valence-corrected chi connectivity index (χ0v) is 12.0. The van der Waals surface area contributed by atoms with Gasteiger partial charge in [0.15, 0.2) is 5.76 Å². The van der Waals surface area contributed by atoms with Crippen LogP contribution in [0.15, 0.2) is 40.8 Å². The van der Waals surface area contributed by atoms with Gasteiger partial charge in [-0.1, -0.05) is 6.07 Å². The lowest BCUT2D eigenvalue weighted by Crippen LogP contribution is -2.13. The minimum absolute atomic E-state index is 0.0150. The van der Waals surface area contributed by atoms with Gasteiger partial charge in [-0.05, 0) is 37.3 Å². The first-order valence-corrected chi connectivity index (χ1v) is 6.70. The lowest BCUT2D eigenvalue weighted by atomic mass is 10.1. The summed E-state index contributed by atoms with van der Waals surface area (Å²) in [4.78, 5) is 12.3. The number of aryl methyl sites for hydroxylation is 1. The van der Waals surface area contributed by atoms with Crippen molar-refractivity contribution in [2.45, 2.75) is 6.92 Å². The Morgan fingerprint density at radius 2 is 2.04 bits per heavy atom. The van der Waals surface area contributed by atoms with Crippen LogP contribution in [0.5, 0.6) is 0 Å². The van der Waals surface area contributed by atoms with E-state index in [9.17, 15) is 13.6 Å². The van der Waals surface area contributed by atoms with Crippen molar-refractivity contribution in [3.8, 4) is 6.07 Å². The molecule has 23 heavy (non-hydrogen) atoms. The highest BCUT2D eigenvalue weighted by atomic mass is 19.1. The largest absolute Gasteiger partial charge is 0.451 e. The number of benzene rings is 2. The van der Waals surface area contributed by atoms with Gasteiger partial charge in [0.1, 0.15) is 28.9 Å². The number of furan rings is 1. The number of nitrogens with zero attached hydrogens (tertiary/aromatic N) is 1. The molecule has 6 heteroatoms. The smallest absolute Gasteiger partial charge is 0.291 e. The van der Waals surface area contributed by atoms with Gasteiger partial charge in [-0.15, -0.1) is 0 Å². The average Bonchev–Trinajstić information content (AvgIpc) is 2.84. The van der Waals surface area contributed by atoms with Crippen LogP contribution in [0.1, 0.15) is 21.7 Å². The highest BCUT2D eigenvalue weighted by Crippen LogP contribution is 2.27. The highest BCUT2D eigenvalue weighted by molar-refractivity contribution is 6.07. The molecule has 0 unspecified atom stereocenters. The molecule has 0 spiro atoms. The van der Waals surface area contributed by atoms with Crippen molar-refractivity contribution in [3.63, 3.8) is 0 Å². The van der Waals surface area contributed by atoms with Crippen molar-refractivity contribution >= 4 is 22.6 Å². The molecule has 0 fully saturated rings. The van der Waals surface area contributed by atoms with E-state index in [4.69, 9.17) is 9.68 Å². The van der Waals surface area contributed by atoms with Crippen LogP contribution in [0, 0.1) is 29.9 Å². The summed E-state index contributed by atoms with van der Waals surface area (Å²) >= 11 is 0. The summed E-state index contributed by atoms with van der Waals surface area (Å²) in [6.45, 7) is 1.62. The maximum Gasteiger partial charge on any atom is 0.291 e. The number of carbonyl (C=O) groups excluding carboxylic acids is 1. The summed E-state index contributed by atoms with van der Waals surface area (Å²) in [5, 5.41) is 11.9. The number of rotatable bonds is 2. The van der Waals surface area contributed by atoms with Gasteiger partial charge in [-0.3, -0.25) is 4.79 Å². The van der Waals surface area contributed by atoms with Crippen LogP contribution < -0.4 is 5.32 Å². The van der Waals surface area contributed by atoms with Gasteiger partial charge in [-0.25, -0.2) is 8.78 Å². The number of nitrogens with one attached hydrogen (secondary N) is 1. The Bertz CT molecular complexity index is 971. The summed E-state index contributed by atoms with van der Waals surface area (Å²) in [6.07, 6.45) is 0. The fourth-order valence-corrected chi connectivity index (χ4v) is 2.33. The molecule has 0 saturated carbocycles. The van der Waals surface area contributed by atoms with E-state index in [1.54, 1.807) is 13.0 Å². The van der Waals surface area contributed by atoms with E-state index in [1.165, 1.54) is 30.3 Å². The topological polar surface area (TPSA) is 66.0 Å². The second-order valence-electron chi connectivity index (χ2n) is 4.92. The van der Waals surface area contributed by atoms with Gasteiger partial charge in [0, 0.05) is 10.9 Å². The summed E-state index contributed by atoms with van der Waals surface area (Å²) in [6, 6.07) is 9.55. The maximum absolute atomic E-state index is 13.6. The molecule has 1 amide bonds. The van der Waals surface area contributed by atoms with Crippen molar-refractivity contribution in [3.05, 3.63) is 64.9 Å². The molecule has 0 radical (unpaired) electrons. The van der Waals surface area contributed by atoms with E-state index in [2.05, 4.69) is 5.32 Å². The second-order valence-corrected chi connectivity index (χ2v) is 4.92. The van der Waals surface area contributed by atoms with Crippen molar-refractivity contribution in [2.75, 3.05) is 5.32 Å². The zero-order chi connectivity index (χ0) is 16.6. The van der Waals surface area contributed by atoms with Gasteiger partial charge < -0.3 is 9.73 Å². The lowest BCUT2D eigenvalue weighted by molar-refractivity contribution is 0.0998. The molecule has 0 aliphatic rings. The molecule has 2 aromatic carbocycles. The zero-order valence-electron chi connectivity index (χ0n) is 12.0. The summed E-state index contributed by atoms with van der Waals surface area (Å²) in [7, 11) is 0. The molecule has 0 aliphatic heterocycles. The van der Waals surface area contributed by atoms with E-state index in [-0.39, 0.29) is 17.0 Å². The second kappa shape index (κ2) is 5.54. The summed E-state index contributed by atoms with van der Waals surface area (Å²) in [5.74, 6) is -1.82. The number of hydrogen-bond acceptors (Lipinski definition) is 3. The molecule has 3 rings (SSSR count). The SMILES string of the molecule is Cc1c(C(=O)Nc2cccc(F)c2C#N)oc2ccc(F)cc12. The van der Waals surface area contributed by atoms with Gasteiger partial charge in [0.05, 0.1) is 5.69 Å². The highest BCUT2D eigenvalue weighted by Gasteiger charge is 2.20. The normalized spacial score (nSPS) is 10.5. The third kappa shape index (κ3) is 2.53. The maximum atomic E-state index is 13.6. The summed E-state index contributed by atoms with van der Waals surface area (Å²) in [5.41, 5.74) is 0.616. The number of amides is 1. The van der Waals surface area contributed by atoms with Crippen molar-refractivity contribution in [1.29, 1.82) is 5.26 Å². The number of halogens is 2. The van der Waals surface area contributed by atoms with Crippen LogP contribution >= 0.6 is 0 Å². The van der Waals surface area contributed by atoms with E-state index < -0.39 is 17.5 Å². The number of hydrogen-bond donors (Lipinski definition) is 1. The Morgan fingerprint density at radius 1 is 1.26 bits per heavy atom. The van der Waals surface area contributed by atoms with Crippen LogP contribution in [0.2, 0.25) is 0 Å². The van der Waals surface area contributed by atoms with E-state index >= 15 is 0 Å². The Balaban J connectivity index is 2.01. The van der Waals surface area contributed by atoms with Crippen molar-refractivity contribution in [1.82, 2.24) is 0 Å². The molecule has 0 bridgehead atoms. The Morgan fingerprint density at radius 3 is 2.78 bits per heavy atom. The van der Waals surface area contributed by atoms with Crippen LogP contribution in [0.25, 0.3) is 11.0 Å². The number of anilines is 1. The predicted octanol–water partition coefficient (Wildman–Crippen LogP) is 4.14. The Labute approximate surface area is 129 Å². The quantitative estimate of drug-likeness (QED) is 0.773. The van der Waals surface area contributed by atoms with Crippen LogP contribution in [-0.4, -0.2) is 5.91 Å². The third-order valence-corrected chi connectivity index (χ3v) is 3.48. The molecule has 3 aromatic rings. The van der Waals surface area contributed by atoms with Crippen molar-refractivity contribution < 1.29 is 18.0 Å². The molecule has 114 valence electrons. The average molecular weight is 312 g/mol. The molecule has 0 atom stereocenters. The molecule has 0 saturated heterocycles. The number of fused-ring (bicyclic) bond motifs is 1. The Kier molecular flexibility index (Phi) is 3.54. The molecule has 0 aliphatic carbocycles. The predicted molar refractivity (Wildman–Crippen MR) is 80.0 cm³/mol. The molecule has 1 aromatic heterocycles. The molecule has 1 N–H and O–H groups in total. The van der Waals surface area contributed by atoms with Gasteiger partial charge in [0.25, 0.3) is 5.91 Å². The molecular weight excluding hydrogens is 302 g/mol. The minimum atomic E-state index is -0.728. The standard InChI is InChI=1S/C17H10F2N2O2/c1-9-11-7-10(18)5-6-15(11)23-16(9)17(22)21-14-4-2-3-13(19)12(14)8-20/h2-7H,1H3,(H,21,22). The van der Waals surface area contributed by atoms with Gasteiger partial charge in [-0.2, -0.15) is 5.26 Å². The van der Waals surface area contributed by atoms with Crippen LogP contribution in [0.3, 0.4) is 0 Å². The number of carbonyl (C=O) groups is 1. The van der Waals surface area contributed by atoms with Crippen LogP contribution in [-0.2, 0) is 0 Å². The van der Waals surface area contributed by atoms with Gasteiger partial charge in [0.2, 0.25) is 0 Å². The molecule has 4 nitrogen and oxygen atoms in total. The fourth-order valence-electron chi connectivity index (χ4n) is 2.33. The first-order valence-electron chi connectivity index (χ1n) is 6.70. The lowest BCUT2D eigenvalue weighted by Gasteiger charge is -2.06. The minimum Gasteiger partial charge on any atom is -0.451 e. The first-order chi connectivity index (χ1) is 11.0. The van der Waals surface area contributed by atoms with Gasteiger partial charge >= 0.3 is 0 Å². The van der Waals surface area contributed by atoms with E-state index in [0.29, 0.717) is 16.5 Å². The van der Waals surface area contributed by atoms with E-state index in [0.717, 1.165) is 6.07 Å². The van der Waals surface area contributed by atoms with Crippen LogP contribution in [0.4, 0.5) is 14.5 Å². The fraction of sp³-hybridized carbons (Fsp3) is 0.0588. The van der Waals surface area contributed by atoms with Crippen molar-refractivity contribution in [2.24, 2.45) is 0 Å².